The molecule has 1 saturated heterocycles. The molecule has 0 aromatic rings. The van der Waals surface area contributed by atoms with Crippen molar-refractivity contribution >= 4 is 11.9 Å². The predicted octanol–water partition coefficient (Wildman–Crippen LogP) is 1.03. The number of carboxylic acid groups (broad SMARTS) is 1. The molecule has 1 spiro atoms. The molecule has 1 amide bonds. The molecule has 1 aliphatic heterocycles. The molecule has 1 aliphatic carbocycles. The predicted molar refractivity (Wildman–Crippen MR) is 60.2 cm³/mol. The highest BCUT2D eigenvalue weighted by Crippen LogP contribution is 2.41. The van der Waals surface area contributed by atoms with Gasteiger partial charge in [0.25, 0.3) is 0 Å². The first-order chi connectivity index (χ1) is 8.67. The van der Waals surface area contributed by atoms with E-state index in [1.54, 1.807) is 0 Å². The summed E-state index contributed by atoms with van der Waals surface area (Å²) in [5, 5.41) is 10.0. The number of carbonyl (C=O) groups is 2. The Balaban J connectivity index is 0.000000224. The van der Waals surface area contributed by atoms with Crippen LogP contribution < -0.4 is 11.1 Å². The Kier molecular flexibility index (Phi) is 4.78. The Morgan fingerprint density at radius 1 is 1.32 bits per heavy atom. The number of hydrogen-bond donors (Lipinski definition) is 3. The van der Waals surface area contributed by atoms with Crippen molar-refractivity contribution in [2.24, 2.45) is 11.1 Å². The van der Waals surface area contributed by atoms with Crippen LogP contribution in [0.1, 0.15) is 32.1 Å². The zero-order valence-electron chi connectivity index (χ0n) is 10.3. The maximum atomic E-state index is 11.5. The standard InChI is InChI=1S/C9H16N2O.C2HF3O2/c10-7-1-3-9(4-2-7)5-6-11-8(9)12;3-2(4,5)1(6)7/h7H,1-6,10H2,(H,11,12);(H,6,7). The molecule has 1 heterocycles. The van der Waals surface area contributed by atoms with Crippen LogP contribution in [0.3, 0.4) is 0 Å². The number of nitrogens with one attached hydrogen (secondary N) is 1. The van der Waals surface area contributed by atoms with Gasteiger partial charge in [-0.3, -0.25) is 4.79 Å². The number of rotatable bonds is 0. The van der Waals surface area contributed by atoms with Gasteiger partial charge in [0.2, 0.25) is 5.91 Å². The number of hydrogen-bond acceptors (Lipinski definition) is 3. The first-order valence-corrected chi connectivity index (χ1v) is 6.01. The minimum atomic E-state index is -5.08. The van der Waals surface area contributed by atoms with E-state index in [2.05, 4.69) is 5.32 Å². The number of carboxylic acids is 1. The molecule has 0 aromatic heterocycles. The Morgan fingerprint density at radius 3 is 2.11 bits per heavy atom. The van der Waals surface area contributed by atoms with E-state index in [1.165, 1.54) is 0 Å². The maximum absolute atomic E-state index is 11.5. The molecule has 2 rings (SSSR count). The smallest absolute Gasteiger partial charge is 0.475 e. The minimum absolute atomic E-state index is 0.0180. The molecule has 110 valence electrons. The molecule has 0 aromatic carbocycles. The van der Waals surface area contributed by atoms with Crippen LogP contribution >= 0.6 is 0 Å². The van der Waals surface area contributed by atoms with Gasteiger partial charge in [0.1, 0.15) is 0 Å². The molecule has 0 bridgehead atoms. The van der Waals surface area contributed by atoms with Crippen molar-refractivity contribution in [1.29, 1.82) is 0 Å². The molecule has 2 aliphatic rings. The zero-order chi connectivity index (χ0) is 14.7. The summed E-state index contributed by atoms with van der Waals surface area (Å²) in [4.78, 5) is 20.4. The summed E-state index contributed by atoms with van der Waals surface area (Å²) in [5.41, 5.74) is 5.78. The van der Waals surface area contributed by atoms with Crippen molar-refractivity contribution < 1.29 is 27.9 Å². The van der Waals surface area contributed by atoms with Crippen LogP contribution in [-0.4, -0.2) is 35.7 Å². The molecule has 2 fully saturated rings. The van der Waals surface area contributed by atoms with Crippen molar-refractivity contribution in [2.75, 3.05) is 6.54 Å². The molecule has 5 nitrogen and oxygen atoms in total. The van der Waals surface area contributed by atoms with Gasteiger partial charge in [-0.25, -0.2) is 4.79 Å². The Morgan fingerprint density at radius 2 is 1.79 bits per heavy atom. The molecule has 19 heavy (non-hydrogen) atoms. The van der Waals surface area contributed by atoms with E-state index in [1.807, 2.05) is 0 Å². The lowest BCUT2D eigenvalue weighted by molar-refractivity contribution is -0.192. The highest BCUT2D eigenvalue weighted by Gasteiger charge is 2.43. The second-order valence-corrected chi connectivity index (χ2v) is 4.93. The Labute approximate surface area is 108 Å². The third kappa shape index (κ3) is 4.09. The van der Waals surface area contributed by atoms with Gasteiger partial charge in [-0.2, -0.15) is 13.2 Å². The molecule has 4 N–H and O–H groups in total. The lowest BCUT2D eigenvalue weighted by atomic mass is 9.72. The van der Waals surface area contributed by atoms with Crippen LogP contribution in [0.4, 0.5) is 13.2 Å². The molecule has 1 saturated carbocycles. The van der Waals surface area contributed by atoms with Gasteiger partial charge in [-0.1, -0.05) is 0 Å². The van der Waals surface area contributed by atoms with Gasteiger partial charge in [0.05, 0.1) is 5.41 Å². The van der Waals surface area contributed by atoms with Gasteiger partial charge in [-0.15, -0.1) is 0 Å². The van der Waals surface area contributed by atoms with E-state index in [0.717, 1.165) is 38.6 Å². The van der Waals surface area contributed by atoms with E-state index in [-0.39, 0.29) is 11.3 Å². The zero-order valence-corrected chi connectivity index (χ0v) is 10.3. The van der Waals surface area contributed by atoms with Crippen molar-refractivity contribution in [3.05, 3.63) is 0 Å². The molecular formula is C11H17F3N2O3. The largest absolute Gasteiger partial charge is 0.490 e. The summed E-state index contributed by atoms with van der Waals surface area (Å²) in [6.07, 6.45) is -0.0145. The van der Waals surface area contributed by atoms with Gasteiger partial charge in [-0.05, 0) is 32.1 Å². The quantitative estimate of drug-likeness (QED) is 0.618. The highest BCUT2D eigenvalue weighted by atomic mass is 19.4. The molecule has 0 radical (unpaired) electrons. The van der Waals surface area contributed by atoms with E-state index in [4.69, 9.17) is 15.6 Å². The van der Waals surface area contributed by atoms with Crippen molar-refractivity contribution in [1.82, 2.24) is 5.32 Å². The van der Waals surface area contributed by atoms with E-state index in [9.17, 15) is 18.0 Å². The maximum Gasteiger partial charge on any atom is 0.490 e. The normalized spacial score (nSPS) is 30.5. The van der Waals surface area contributed by atoms with Crippen LogP contribution in [0, 0.1) is 5.41 Å². The number of carbonyl (C=O) groups excluding carboxylic acids is 1. The number of amides is 1. The Hall–Kier alpha value is -1.31. The lowest BCUT2D eigenvalue weighted by Gasteiger charge is -2.33. The molecule has 0 atom stereocenters. The summed E-state index contributed by atoms with van der Waals surface area (Å²) in [5.74, 6) is -2.48. The average Bonchev–Trinajstić information content (AvgIpc) is 2.65. The number of aliphatic carboxylic acids is 1. The van der Waals surface area contributed by atoms with Crippen molar-refractivity contribution in [3.8, 4) is 0 Å². The minimum Gasteiger partial charge on any atom is -0.475 e. The number of nitrogens with two attached hydrogens (primary N) is 1. The second-order valence-electron chi connectivity index (χ2n) is 4.93. The molecule has 0 unspecified atom stereocenters. The first-order valence-electron chi connectivity index (χ1n) is 6.01. The van der Waals surface area contributed by atoms with Crippen LogP contribution in [-0.2, 0) is 9.59 Å². The van der Waals surface area contributed by atoms with E-state index < -0.39 is 12.1 Å². The summed E-state index contributed by atoms with van der Waals surface area (Å²) < 4.78 is 31.7. The van der Waals surface area contributed by atoms with Crippen molar-refractivity contribution in [3.63, 3.8) is 0 Å². The summed E-state index contributed by atoms with van der Waals surface area (Å²) in [6.45, 7) is 0.869. The number of halogens is 3. The summed E-state index contributed by atoms with van der Waals surface area (Å²) in [6, 6.07) is 0.337. The highest BCUT2D eigenvalue weighted by molar-refractivity contribution is 5.84. The topological polar surface area (TPSA) is 92.4 Å². The van der Waals surface area contributed by atoms with Gasteiger partial charge < -0.3 is 16.2 Å². The van der Waals surface area contributed by atoms with Gasteiger partial charge in [0.15, 0.2) is 0 Å². The van der Waals surface area contributed by atoms with Crippen LogP contribution in [0.2, 0.25) is 0 Å². The summed E-state index contributed by atoms with van der Waals surface area (Å²) in [7, 11) is 0. The monoisotopic (exact) mass is 282 g/mol. The van der Waals surface area contributed by atoms with Crippen molar-refractivity contribution in [2.45, 2.75) is 44.3 Å². The first kappa shape index (κ1) is 15.7. The fraction of sp³-hybridized carbons (Fsp3) is 0.818. The SMILES string of the molecule is NC1CCC2(CCNC2=O)CC1.O=C(O)C(F)(F)F. The fourth-order valence-corrected chi connectivity index (χ4v) is 2.39. The van der Waals surface area contributed by atoms with E-state index in [0.29, 0.717) is 6.04 Å². The molecule has 8 heteroatoms. The Bertz CT molecular complexity index is 350. The lowest BCUT2D eigenvalue weighted by Crippen LogP contribution is -2.38. The number of alkyl halides is 3. The van der Waals surface area contributed by atoms with Crippen LogP contribution in [0.25, 0.3) is 0 Å². The van der Waals surface area contributed by atoms with Crippen LogP contribution in [0.5, 0.6) is 0 Å². The van der Waals surface area contributed by atoms with Gasteiger partial charge in [0, 0.05) is 12.6 Å². The second kappa shape index (κ2) is 5.77. The third-order valence-corrected chi connectivity index (χ3v) is 3.60. The van der Waals surface area contributed by atoms with E-state index >= 15 is 0 Å². The van der Waals surface area contributed by atoms with Crippen LogP contribution in [0.15, 0.2) is 0 Å². The third-order valence-electron chi connectivity index (χ3n) is 3.60. The molecular weight excluding hydrogens is 265 g/mol. The van der Waals surface area contributed by atoms with Gasteiger partial charge >= 0.3 is 12.1 Å². The average molecular weight is 282 g/mol. The fourth-order valence-electron chi connectivity index (χ4n) is 2.39. The summed E-state index contributed by atoms with van der Waals surface area (Å²) >= 11 is 0.